The molecule has 0 aliphatic rings. The van der Waals surface area contributed by atoms with Crippen molar-refractivity contribution in [2.45, 2.75) is 27.7 Å². The number of carbonyl (C=O) groups excluding carboxylic acids is 3. The lowest BCUT2D eigenvalue weighted by molar-refractivity contribution is -0.154. The number of hydrogen-bond acceptors (Lipinski definition) is 6. The lowest BCUT2D eigenvalue weighted by Gasteiger charge is -2.13. The molecule has 114 valence electrons. The average molecular weight is 286 g/mol. The van der Waals surface area contributed by atoms with Crippen LogP contribution in [0.5, 0.6) is 0 Å². The predicted octanol–water partition coefficient (Wildman–Crippen LogP) is 1.48. The summed E-state index contributed by atoms with van der Waals surface area (Å²) in [5.74, 6) is -2.54. The molecule has 20 heavy (non-hydrogen) atoms. The van der Waals surface area contributed by atoms with Crippen LogP contribution in [0, 0.1) is 11.8 Å². The van der Waals surface area contributed by atoms with E-state index in [1.165, 1.54) is 0 Å². The Bertz CT molecular complexity index is 372. The van der Waals surface area contributed by atoms with Crippen LogP contribution in [0.25, 0.3) is 0 Å². The highest BCUT2D eigenvalue weighted by Gasteiger charge is 2.22. The Balaban J connectivity index is 4.14. The Morgan fingerprint density at radius 2 is 1.50 bits per heavy atom. The summed E-state index contributed by atoms with van der Waals surface area (Å²) in [6, 6.07) is 0. The molecule has 0 saturated carbocycles. The summed E-state index contributed by atoms with van der Waals surface area (Å²) in [5.41, 5.74) is -0.394. The second-order valence-corrected chi connectivity index (χ2v) is 4.72. The molecular weight excluding hydrogens is 264 g/mol. The van der Waals surface area contributed by atoms with E-state index < -0.39 is 29.4 Å². The summed E-state index contributed by atoms with van der Waals surface area (Å²) in [6.07, 6.45) is 0. The minimum Gasteiger partial charge on any atom is -0.465 e. The number of esters is 3. The van der Waals surface area contributed by atoms with E-state index in [1.807, 2.05) is 13.8 Å². The molecule has 0 aliphatic carbocycles. The quantitative estimate of drug-likeness (QED) is 0.221. The molecule has 0 rings (SSSR count). The molecule has 0 spiro atoms. The fourth-order valence-corrected chi connectivity index (χ4v) is 1.05. The molecule has 1 atom stereocenters. The van der Waals surface area contributed by atoms with Gasteiger partial charge in [-0.2, -0.15) is 0 Å². The fraction of sp³-hybridized carbons (Fsp3) is 0.643. The van der Waals surface area contributed by atoms with Gasteiger partial charge in [0.25, 0.3) is 0 Å². The van der Waals surface area contributed by atoms with Gasteiger partial charge in [-0.25, -0.2) is 9.59 Å². The molecule has 0 aromatic heterocycles. The molecule has 0 N–H and O–H groups in total. The molecule has 6 heteroatoms. The van der Waals surface area contributed by atoms with Crippen LogP contribution >= 0.6 is 0 Å². The third-order valence-electron chi connectivity index (χ3n) is 2.19. The second kappa shape index (κ2) is 9.12. The Hall–Kier alpha value is -1.85. The summed E-state index contributed by atoms with van der Waals surface area (Å²) in [5, 5.41) is 0. The van der Waals surface area contributed by atoms with Crippen molar-refractivity contribution in [3.05, 3.63) is 12.2 Å². The van der Waals surface area contributed by atoms with Crippen LogP contribution in [0.1, 0.15) is 27.7 Å². The van der Waals surface area contributed by atoms with Crippen LogP contribution in [-0.4, -0.2) is 37.7 Å². The van der Waals surface area contributed by atoms with Crippen LogP contribution in [0.2, 0.25) is 0 Å². The molecule has 0 amide bonds. The first-order valence-electron chi connectivity index (χ1n) is 6.49. The first kappa shape index (κ1) is 18.1. The van der Waals surface area contributed by atoms with Gasteiger partial charge < -0.3 is 14.2 Å². The highest BCUT2D eigenvalue weighted by molar-refractivity contribution is 6.13. The van der Waals surface area contributed by atoms with E-state index in [4.69, 9.17) is 9.47 Å². The van der Waals surface area contributed by atoms with Gasteiger partial charge in [0.2, 0.25) is 0 Å². The zero-order valence-electron chi connectivity index (χ0n) is 12.4. The summed E-state index contributed by atoms with van der Waals surface area (Å²) >= 11 is 0. The Kier molecular flexibility index (Phi) is 8.27. The van der Waals surface area contributed by atoms with Crippen molar-refractivity contribution in [3.8, 4) is 0 Å². The number of ether oxygens (including phenoxy) is 3. The highest BCUT2D eigenvalue weighted by Crippen LogP contribution is 2.05. The monoisotopic (exact) mass is 286 g/mol. The van der Waals surface area contributed by atoms with Crippen molar-refractivity contribution in [1.82, 2.24) is 0 Å². The molecule has 0 aromatic carbocycles. The van der Waals surface area contributed by atoms with E-state index in [1.54, 1.807) is 13.8 Å². The highest BCUT2D eigenvalue weighted by atomic mass is 16.6. The van der Waals surface area contributed by atoms with Crippen LogP contribution in [-0.2, 0) is 28.6 Å². The van der Waals surface area contributed by atoms with Crippen molar-refractivity contribution < 1.29 is 28.6 Å². The molecule has 0 saturated heterocycles. The maximum atomic E-state index is 11.5. The van der Waals surface area contributed by atoms with Gasteiger partial charge in [-0.15, -0.1) is 0 Å². The van der Waals surface area contributed by atoms with Gasteiger partial charge in [0, 0.05) is 0 Å². The van der Waals surface area contributed by atoms with E-state index in [9.17, 15) is 14.4 Å². The maximum absolute atomic E-state index is 11.5. The predicted molar refractivity (Wildman–Crippen MR) is 71.7 cm³/mol. The summed E-state index contributed by atoms with van der Waals surface area (Å²) < 4.78 is 14.4. The summed E-state index contributed by atoms with van der Waals surface area (Å²) in [4.78, 5) is 34.2. The van der Waals surface area contributed by atoms with E-state index >= 15 is 0 Å². The van der Waals surface area contributed by atoms with E-state index in [2.05, 4.69) is 11.3 Å². The molecule has 1 unspecified atom stereocenters. The largest absolute Gasteiger partial charge is 0.465 e. The average Bonchev–Trinajstić information content (AvgIpc) is 2.40. The SMILES string of the molecule is C=C(C(=O)OCC)C(=O)OCC(C)C(=O)OCC(C)C. The minimum absolute atomic E-state index is 0.142. The first-order valence-corrected chi connectivity index (χ1v) is 6.49. The first-order chi connectivity index (χ1) is 9.29. The second-order valence-electron chi connectivity index (χ2n) is 4.72. The lowest BCUT2D eigenvalue weighted by Crippen LogP contribution is -2.25. The third-order valence-corrected chi connectivity index (χ3v) is 2.19. The molecule has 6 nitrogen and oxygen atoms in total. The van der Waals surface area contributed by atoms with Crippen molar-refractivity contribution in [2.75, 3.05) is 19.8 Å². The molecule has 0 fully saturated rings. The Labute approximate surface area is 119 Å². The Morgan fingerprint density at radius 3 is 2.00 bits per heavy atom. The molecular formula is C14H22O6. The topological polar surface area (TPSA) is 78.9 Å². The summed E-state index contributed by atoms with van der Waals surface area (Å²) in [7, 11) is 0. The zero-order chi connectivity index (χ0) is 15.7. The number of rotatable bonds is 8. The van der Waals surface area contributed by atoms with Crippen LogP contribution < -0.4 is 0 Å². The fourth-order valence-electron chi connectivity index (χ4n) is 1.05. The van der Waals surface area contributed by atoms with Gasteiger partial charge in [0.15, 0.2) is 0 Å². The molecule has 0 radical (unpaired) electrons. The van der Waals surface area contributed by atoms with Gasteiger partial charge >= 0.3 is 17.9 Å². The molecule has 0 aromatic rings. The van der Waals surface area contributed by atoms with Gasteiger partial charge in [-0.3, -0.25) is 4.79 Å². The van der Waals surface area contributed by atoms with Crippen molar-refractivity contribution >= 4 is 17.9 Å². The van der Waals surface area contributed by atoms with E-state index in [0.717, 1.165) is 0 Å². The van der Waals surface area contributed by atoms with Crippen LogP contribution in [0.4, 0.5) is 0 Å². The van der Waals surface area contributed by atoms with Gasteiger partial charge in [-0.1, -0.05) is 20.4 Å². The zero-order valence-corrected chi connectivity index (χ0v) is 12.4. The minimum atomic E-state index is -0.896. The molecule has 0 heterocycles. The standard InChI is InChI=1S/C14H22O6/c1-6-18-13(16)11(5)14(17)20-8-10(4)12(15)19-7-9(2)3/h9-10H,5-8H2,1-4H3. The van der Waals surface area contributed by atoms with Crippen molar-refractivity contribution in [3.63, 3.8) is 0 Å². The van der Waals surface area contributed by atoms with E-state index in [0.29, 0.717) is 6.61 Å². The van der Waals surface area contributed by atoms with Crippen molar-refractivity contribution in [2.24, 2.45) is 11.8 Å². The van der Waals surface area contributed by atoms with Gasteiger partial charge in [0.05, 0.1) is 19.1 Å². The Morgan fingerprint density at radius 1 is 0.950 bits per heavy atom. The molecule has 0 bridgehead atoms. The third kappa shape index (κ3) is 6.92. The lowest BCUT2D eigenvalue weighted by atomic mass is 10.2. The number of hydrogen-bond donors (Lipinski definition) is 0. The maximum Gasteiger partial charge on any atom is 0.344 e. The number of carbonyl (C=O) groups is 3. The van der Waals surface area contributed by atoms with Crippen molar-refractivity contribution in [1.29, 1.82) is 0 Å². The van der Waals surface area contributed by atoms with Crippen LogP contribution in [0.3, 0.4) is 0 Å². The molecule has 0 aliphatic heterocycles. The van der Waals surface area contributed by atoms with E-state index in [-0.39, 0.29) is 19.1 Å². The van der Waals surface area contributed by atoms with Gasteiger partial charge in [0.1, 0.15) is 12.2 Å². The van der Waals surface area contributed by atoms with Gasteiger partial charge in [-0.05, 0) is 19.8 Å². The summed E-state index contributed by atoms with van der Waals surface area (Å²) in [6.45, 7) is 10.6. The smallest absolute Gasteiger partial charge is 0.344 e. The van der Waals surface area contributed by atoms with Crippen LogP contribution in [0.15, 0.2) is 12.2 Å². The normalized spacial score (nSPS) is 11.7.